The highest BCUT2D eigenvalue weighted by Gasteiger charge is 2.43. The summed E-state index contributed by atoms with van der Waals surface area (Å²) < 4.78 is 0. The molecule has 2 heterocycles. The summed E-state index contributed by atoms with van der Waals surface area (Å²) in [5, 5.41) is 8.93. The van der Waals surface area contributed by atoms with E-state index in [2.05, 4.69) is 0 Å². The van der Waals surface area contributed by atoms with Gasteiger partial charge < -0.3 is 14.9 Å². The molecule has 0 spiro atoms. The highest BCUT2D eigenvalue weighted by Crippen LogP contribution is 2.38. The van der Waals surface area contributed by atoms with Gasteiger partial charge in [0, 0.05) is 25.7 Å². The highest BCUT2D eigenvalue weighted by atomic mass is 16.4. The van der Waals surface area contributed by atoms with Crippen LogP contribution in [0.4, 0.5) is 4.79 Å². The van der Waals surface area contributed by atoms with Crippen molar-refractivity contribution in [2.75, 3.05) is 19.6 Å². The number of rotatable bonds is 1. The topological polar surface area (TPSA) is 60.9 Å². The lowest BCUT2D eigenvalue weighted by Gasteiger charge is -2.31. The Morgan fingerprint density at radius 3 is 2.47 bits per heavy atom. The molecule has 5 heteroatoms. The number of hydrogen-bond acceptors (Lipinski definition) is 2. The first-order valence-corrected chi connectivity index (χ1v) is 6.43. The van der Waals surface area contributed by atoms with E-state index in [-0.39, 0.29) is 11.9 Å². The van der Waals surface area contributed by atoms with Crippen LogP contribution in [0, 0.1) is 11.8 Å². The van der Waals surface area contributed by atoms with Crippen LogP contribution in [0.3, 0.4) is 0 Å². The Hall–Kier alpha value is -1.26. The molecule has 2 saturated heterocycles. The van der Waals surface area contributed by atoms with Gasteiger partial charge in [-0.1, -0.05) is 0 Å². The Morgan fingerprint density at radius 2 is 1.94 bits per heavy atom. The molecule has 0 aromatic heterocycles. The van der Waals surface area contributed by atoms with E-state index in [4.69, 9.17) is 5.11 Å². The summed E-state index contributed by atoms with van der Waals surface area (Å²) in [5.74, 6) is -0.441. The van der Waals surface area contributed by atoms with Gasteiger partial charge >= 0.3 is 12.0 Å². The van der Waals surface area contributed by atoms with E-state index in [1.807, 2.05) is 4.90 Å². The molecule has 17 heavy (non-hydrogen) atoms. The van der Waals surface area contributed by atoms with Crippen molar-refractivity contribution in [3.05, 3.63) is 0 Å². The summed E-state index contributed by atoms with van der Waals surface area (Å²) in [4.78, 5) is 26.8. The molecule has 1 N–H and O–H groups in total. The Morgan fingerprint density at radius 1 is 1.12 bits per heavy atom. The first kappa shape index (κ1) is 10.9. The first-order valence-electron chi connectivity index (χ1n) is 6.43. The normalized spacial score (nSPS) is 35.6. The first-order chi connectivity index (χ1) is 8.15. The molecule has 3 aliphatic rings. The minimum Gasteiger partial charge on any atom is -0.481 e. The Balaban J connectivity index is 1.62. The van der Waals surface area contributed by atoms with Gasteiger partial charge in [-0.25, -0.2) is 4.79 Å². The number of carbonyl (C=O) groups is 2. The predicted molar refractivity (Wildman–Crippen MR) is 60.5 cm³/mol. The summed E-state index contributed by atoms with van der Waals surface area (Å²) in [6, 6.07) is 0.498. The van der Waals surface area contributed by atoms with Gasteiger partial charge in [0.15, 0.2) is 0 Å². The molecule has 0 aromatic carbocycles. The SMILES string of the molecule is O=C(O)C1CCN(C(=O)N2CC3CCC2C3)C1. The lowest BCUT2D eigenvalue weighted by Crippen LogP contribution is -2.46. The fraction of sp³-hybridized carbons (Fsp3) is 0.833. The smallest absolute Gasteiger partial charge is 0.320 e. The Labute approximate surface area is 100 Å². The molecule has 2 amide bonds. The fourth-order valence-corrected chi connectivity index (χ4v) is 3.48. The molecule has 1 saturated carbocycles. The number of carboxylic acids is 1. The summed E-state index contributed by atoms with van der Waals surface area (Å²) in [5.41, 5.74) is 0. The maximum Gasteiger partial charge on any atom is 0.320 e. The lowest BCUT2D eigenvalue weighted by atomic mass is 10.1. The maximum absolute atomic E-state index is 12.3. The Bertz CT molecular complexity index is 358. The number of amides is 2. The molecule has 2 aliphatic heterocycles. The van der Waals surface area contributed by atoms with Crippen molar-refractivity contribution in [3.8, 4) is 0 Å². The van der Waals surface area contributed by atoms with Crippen molar-refractivity contribution < 1.29 is 14.7 Å². The summed E-state index contributed by atoms with van der Waals surface area (Å²) in [7, 11) is 0. The number of nitrogens with zero attached hydrogens (tertiary/aromatic N) is 2. The van der Waals surface area contributed by atoms with E-state index in [1.54, 1.807) is 4.90 Å². The quantitative estimate of drug-likeness (QED) is 0.741. The van der Waals surface area contributed by atoms with Gasteiger partial charge in [-0.3, -0.25) is 4.79 Å². The average Bonchev–Trinajstić information content (AvgIpc) is 3.03. The standard InChI is InChI=1S/C12H18N2O3/c15-11(16)9-3-4-13(7-9)12(17)14-6-8-1-2-10(14)5-8/h8-10H,1-7H2,(H,15,16). The largest absolute Gasteiger partial charge is 0.481 e. The van der Waals surface area contributed by atoms with Crippen LogP contribution in [0.5, 0.6) is 0 Å². The van der Waals surface area contributed by atoms with E-state index in [1.165, 1.54) is 6.42 Å². The van der Waals surface area contributed by atoms with Crippen LogP contribution in [-0.4, -0.2) is 52.6 Å². The van der Waals surface area contributed by atoms with E-state index in [0.29, 0.717) is 31.5 Å². The zero-order chi connectivity index (χ0) is 12.0. The van der Waals surface area contributed by atoms with E-state index in [0.717, 1.165) is 19.4 Å². The van der Waals surface area contributed by atoms with E-state index < -0.39 is 5.97 Å². The van der Waals surface area contributed by atoms with E-state index in [9.17, 15) is 9.59 Å². The number of likely N-dealkylation sites (tertiary alicyclic amines) is 2. The second kappa shape index (κ2) is 3.89. The second-order valence-corrected chi connectivity index (χ2v) is 5.54. The zero-order valence-electron chi connectivity index (χ0n) is 9.84. The van der Waals surface area contributed by atoms with Gasteiger partial charge in [0.25, 0.3) is 0 Å². The molecule has 3 rings (SSSR count). The third-order valence-electron chi connectivity index (χ3n) is 4.46. The molecule has 5 nitrogen and oxygen atoms in total. The summed E-state index contributed by atoms with van der Waals surface area (Å²) >= 11 is 0. The monoisotopic (exact) mass is 238 g/mol. The number of piperidine rings is 1. The van der Waals surface area contributed by atoms with Gasteiger partial charge in [0.05, 0.1) is 5.92 Å². The molecule has 3 fully saturated rings. The Kier molecular flexibility index (Phi) is 2.49. The van der Waals surface area contributed by atoms with Gasteiger partial charge in [-0.05, 0) is 31.6 Å². The van der Waals surface area contributed by atoms with Crippen LogP contribution in [0.25, 0.3) is 0 Å². The van der Waals surface area contributed by atoms with Gasteiger partial charge in [0.2, 0.25) is 0 Å². The van der Waals surface area contributed by atoms with E-state index >= 15 is 0 Å². The van der Waals surface area contributed by atoms with Crippen molar-refractivity contribution >= 4 is 12.0 Å². The van der Waals surface area contributed by atoms with Gasteiger partial charge in [-0.2, -0.15) is 0 Å². The second-order valence-electron chi connectivity index (χ2n) is 5.54. The number of hydrogen-bond donors (Lipinski definition) is 1. The van der Waals surface area contributed by atoms with Crippen LogP contribution in [0.1, 0.15) is 25.7 Å². The molecule has 94 valence electrons. The molecular weight excluding hydrogens is 220 g/mol. The molecule has 0 aromatic rings. The summed E-state index contributed by atoms with van der Waals surface area (Å²) in [6.45, 7) is 1.88. The zero-order valence-corrected chi connectivity index (χ0v) is 9.84. The molecule has 3 atom stereocenters. The van der Waals surface area contributed by atoms with Crippen LogP contribution in [0.2, 0.25) is 0 Å². The third kappa shape index (κ3) is 1.77. The van der Waals surface area contributed by atoms with Crippen molar-refractivity contribution in [2.45, 2.75) is 31.7 Å². The molecular formula is C12H18N2O3. The number of carboxylic acid groups (broad SMARTS) is 1. The minimum atomic E-state index is -0.775. The number of urea groups is 1. The van der Waals surface area contributed by atoms with Crippen LogP contribution < -0.4 is 0 Å². The van der Waals surface area contributed by atoms with Crippen molar-refractivity contribution in [2.24, 2.45) is 11.8 Å². The molecule has 0 radical (unpaired) electrons. The van der Waals surface area contributed by atoms with Crippen molar-refractivity contribution in [3.63, 3.8) is 0 Å². The minimum absolute atomic E-state index is 0.0703. The highest BCUT2D eigenvalue weighted by molar-refractivity contribution is 5.78. The third-order valence-corrected chi connectivity index (χ3v) is 4.46. The fourth-order valence-electron chi connectivity index (χ4n) is 3.48. The van der Waals surface area contributed by atoms with Crippen molar-refractivity contribution in [1.29, 1.82) is 0 Å². The van der Waals surface area contributed by atoms with Crippen molar-refractivity contribution in [1.82, 2.24) is 9.80 Å². The predicted octanol–water partition coefficient (Wildman–Crippen LogP) is 0.997. The van der Waals surface area contributed by atoms with Crippen LogP contribution in [-0.2, 0) is 4.79 Å². The van der Waals surface area contributed by atoms with Crippen LogP contribution >= 0.6 is 0 Å². The molecule has 1 aliphatic carbocycles. The lowest BCUT2D eigenvalue weighted by molar-refractivity contribution is -0.141. The number of carbonyl (C=O) groups excluding carboxylic acids is 1. The maximum atomic E-state index is 12.3. The molecule has 2 bridgehead atoms. The number of fused-ring (bicyclic) bond motifs is 2. The van der Waals surface area contributed by atoms with Gasteiger partial charge in [0.1, 0.15) is 0 Å². The van der Waals surface area contributed by atoms with Crippen LogP contribution in [0.15, 0.2) is 0 Å². The summed E-state index contributed by atoms with van der Waals surface area (Å²) in [6.07, 6.45) is 4.14. The number of aliphatic carboxylic acids is 1. The van der Waals surface area contributed by atoms with Gasteiger partial charge in [-0.15, -0.1) is 0 Å². The molecule has 3 unspecified atom stereocenters. The average molecular weight is 238 g/mol.